The van der Waals surface area contributed by atoms with Gasteiger partial charge in [-0.15, -0.1) is 0 Å². The van der Waals surface area contributed by atoms with Gasteiger partial charge in [0, 0.05) is 6.92 Å². The number of carbonyl (C=O) groups is 2. The number of hydrogen-bond donors (Lipinski definition) is 2. The first kappa shape index (κ1) is 14.2. The number of ether oxygens (including phenoxy) is 2. The fourth-order valence-corrected chi connectivity index (χ4v) is 4.86. The highest BCUT2D eigenvalue weighted by molar-refractivity contribution is 14.1. The third-order valence-corrected chi connectivity index (χ3v) is 6.86. The van der Waals surface area contributed by atoms with E-state index >= 15 is 0 Å². The Morgan fingerprint density at radius 2 is 2.00 bits per heavy atom. The van der Waals surface area contributed by atoms with Crippen molar-refractivity contribution in [2.45, 2.75) is 48.0 Å². The molecule has 0 aromatic rings. The first-order chi connectivity index (χ1) is 9.99. The van der Waals surface area contributed by atoms with Gasteiger partial charge in [0.1, 0.15) is 15.7 Å². The zero-order chi connectivity index (χ0) is 14.8. The van der Waals surface area contributed by atoms with Gasteiger partial charge in [0.2, 0.25) is 0 Å². The lowest BCUT2D eigenvalue weighted by Crippen LogP contribution is -2.40. The van der Waals surface area contributed by atoms with E-state index in [4.69, 9.17) is 9.47 Å². The molecule has 2 bridgehead atoms. The van der Waals surface area contributed by atoms with Gasteiger partial charge in [0.15, 0.2) is 0 Å². The lowest BCUT2D eigenvalue weighted by molar-refractivity contribution is -0.151. The Bertz CT molecular complexity index is 493. The van der Waals surface area contributed by atoms with Crippen LogP contribution in [0.15, 0.2) is 0 Å². The van der Waals surface area contributed by atoms with E-state index in [9.17, 15) is 9.59 Å². The quantitative estimate of drug-likeness (QED) is 0.300. The van der Waals surface area contributed by atoms with Crippen LogP contribution >= 0.6 is 22.6 Å². The highest BCUT2D eigenvalue weighted by Crippen LogP contribution is 2.50. The molecule has 5 atom stereocenters. The largest absolute Gasteiger partial charge is 0.466 e. The Balaban J connectivity index is 1.28. The van der Waals surface area contributed by atoms with Crippen molar-refractivity contribution in [2.24, 2.45) is 17.8 Å². The highest BCUT2D eigenvalue weighted by atomic mass is 127. The molecule has 6 nitrogen and oxygen atoms in total. The van der Waals surface area contributed by atoms with Crippen molar-refractivity contribution in [3.63, 3.8) is 0 Å². The van der Waals surface area contributed by atoms with Gasteiger partial charge in [0.05, 0.1) is 12.8 Å². The molecule has 2 heterocycles. The van der Waals surface area contributed by atoms with Crippen molar-refractivity contribution in [1.82, 2.24) is 10.6 Å². The SMILES string of the molecule is CC(=O)OCC1CC2CC1CC2OC(=O)C(I)C12NC1N2. The van der Waals surface area contributed by atoms with E-state index in [-0.39, 0.29) is 27.6 Å². The summed E-state index contributed by atoms with van der Waals surface area (Å²) >= 11 is 2.16. The molecule has 2 saturated heterocycles. The number of fused-ring (bicyclic) bond motifs is 3. The van der Waals surface area contributed by atoms with Crippen LogP contribution in [0, 0.1) is 17.8 Å². The zero-order valence-corrected chi connectivity index (χ0v) is 14.0. The predicted molar refractivity (Wildman–Crippen MR) is 81.4 cm³/mol. The molecule has 0 spiro atoms. The van der Waals surface area contributed by atoms with Crippen molar-refractivity contribution in [2.75, 3.05) is 6.61 Å². The fraction of sp³-hybridized carbons (Fsp3) is 0.857. The standard InChI is InChI=1S/C14H19IN2O4/c1-6(18)20-5-9-3-8-2-7(9)4-10(8)21-12(19)11(15)14-13(16-14)17-14/h7-11,13,16-17H,2-5H2,1H3. The van der Waals surface area contributed by atoms with Crippen molar-refractivity contribution < 1.29 is 19.1 Å². The molecule has 0 amide bonds. The molecule has 7 heteroatoms. The summed E-state index contributed by atoms with van der Waals surface area (Å²) in [5, 5.41) is 6.43. The fourth-order valence-electron chi connectivity index (χ4n) is 4.00. The summed E-state index contributed by atoms with van der Waals surface area (Å²) in [6.07, 6.45) is 3.40. The van der Waals surface area contributed by atoms with Crippen LogP contribution in [-0.2, 0) is 19.1 Å². The molecular weight excluding hydrogens is 387 g/mol. The van der Waals surface area contributed by atoms with Gasteiger partial charge in [-0.25, -0.2) is 0 Å². The Kier molecular flexibility index (Phi) is 3.24. The van der Waals surface area contributed by atoms with Gasteiger partial charge in [-0.2, -0.15) is 0 Å². The van der Waals surface area contributed by atoms with Gasteiger partial charge in [-0.05, 0) is 37.0 Å². The summed E-state index contributed by atoms with van der Waals surface area (Å²) in [4.78, 5) is 23.1. The molecule has 4 rings (SSSR count). The maximum absolute atomic E-state index is 12.2. The molecule has 4 aliphatic rings. The van der Waals surface area contributed by atoms with Gasteiger partial charge < -0.3 is 9.47 Å². The second-order valence-electron chi connectivity index (χ2n) is 6.72. The summed E-state index contributed by atoms with van der Waals surface area (Å²) in [6, 6.07) is 0. The average Bonchev–Trinajstić information content (AvgIpc) is 3.20. The van der Waals surface area contributed by atoms with Crippen molar-refractivity contribution in [3.8, 4) is 0 Å². The van der Waals surface area contributed by atoms with E-state index in [1.54, 1.807) is 0 Å². The molecule has 2 saturated carbocycles. The van der Waals surface area contributed by atoms with Gasteiger partial charge >= 0.3 is 11.9 Å². The molecule has 0 aromatic heterocycles. The van der Waals surface area contributed by atoms with E-state index in [1.165, 1.54) is 6.92 Å². The summed E-state index contributed by atoms with van der Waals surface area (Å²) in [7, 11) is 0. The number of esters is 2. The van der Waals surface area contributed by atoms with Crippen LogP contribution in [-0.4, -0.2) is 40.4 Å². The van der Waals surface area contributed by atoms with Crippen LogP contribution in [0.2, 0.25) is 0 Å². The smallest absolute Gasteiger partial charge is 0.322 e. The first-order valence-electron chi connectivity index (χ1n) is 7.53. The van der Waals surface area contributed by atoms with Crippen molar-refractivity contribution in [3.05, 3.63) is 0 Å². The van der Waals surface area contributed by atoms with Gasteiger partial charge in [-0.1, -0.05) is 22.6 Å². The van der Waals surface area contributed by atoms with Crippen LogP contribution in [0.4, 0.5) is 0 Å². The molecular formula is C14H19IN2O4. The number of halogens is 1. The summed E-state index contributed by atoms with van der Waals surface area (Å²) < 4.78 is 10.7. The lowest BCUT2D eigenvalue weighted by atomic mass is 9.88. The monoisotopic (exact) mass is 406 g/mol. The number of nitrogens with one attached hydrogen (secondary N) is 2. The number of rotatable bonds is 5. The molecule has 4 fully saturated rings. The minimum atomic E-state index is -0.212. The molecule has 2 aliphatic heterocycles. The third-order valence-electron chi connectivity index (χ3n) is 5.37. The average molecular weight is 406 g/mol. The van der Waals surface area contributed by atoms with Crippen LogP contribution in [0.1, 0.15) is 26.2 Å². The minimum Gasteiger partial charge on any atom is -0.466 e. The number of alkyl halides is 1. The normalized spacial score (nSPS) is 46.7. The molecule has 2 aliphatic carbocycles. The highest BCUT2D eigenvalue weighted by Gasteiger charge is 2.75. The van der Waals surface area contributed by atoms with Gasteiger partial charge in [0.25, 0.3) is 0 Å². The number of hydrogen-bond acceptors (Lipinski definition) is 6. The van der Waals surface area contributed by atoms with Crippen LogP contribution in [0.3, 0.4) is 0 Å². The second kappa shape index (κ2) is 4.79. The van der Waals surface area contributed by atoms with E-state index in [0.29, 0.717) is 30.5 Å². The predicted octanol–water partition coefficient (Wildman–Crippen LogP) is 0.540. The topological polar surface area (TPSA) is 96.5 Å². The molecule has 5 unspecified atom stereocenters. The molecule has 0 aromatic carbocycles. The molecule has 116 valence electrons. The summed E-state index contributed by atoms with van der Waals surface area (Å²) in [5.41, 5.74) is -0.160. The van der Waals surface area contributed by atoms with Crippen LogP contribution in [0.25, 0.3) is 0 Å². The van der Waals surface area contributed by atoms with E-state index in [1.807, 2.05) is 0 Å². The second-order valence-corrected chi connectivity index (χ2v) is 7.96. The maximum Gasteiger partial charge on any atom is 0.322 e. The van der Waals surface area contributed by atoms with Crippen molar-refractivity contribution in [1.29, 1.82) is 0 Å². The lowest BCUT2D eigenvalue weighted by Gasteiger charge is -2.28. The first-order valence-corrected chi connectivity index (χ1v) is 8.77. The van der Waals surface area contributed by atoms with Crippen LogP contribution < -0.4 is 10.6 Å². The Labute approximate surface area is 136 Å². The van der Waals surface area contributed by atoms with E-state index < -0.39 is 0 Å². The molecule has 2 N–H and O–H groups in total. The minimum absolute atomic E-state index is 0.0562. The maximum atomic E-state index is 12.2. The third kappa shape index (κ3) is 2.37. The van der Waals surface area contributed by atoms with Crippen molar-refractivity contribution >= 4 is 34.5 Å². The Hall–Kier alpha value is -0.410. The molecule has 21 heavy (non-hydrogen) atoms. The summed E-state index contributed by atoms with van der Waals surface area (Å²) in [5.74, 6) is 1.10. The van der Waals surface area contributed by atoms with E-state index in [2.05, 4.69) is 33.2 Å². The van der Waals surface area contributed by atoms with E-state index in [0.717, 1.165) is 19.3 Å². The summed E-state index contributed by atoms with van der Waals surface area (Å²) in [6.45, 7) is 1.97. The van der Waals surface area contributed by atoms with Gasteiger partial charge in [-0.3, -0.25) is 20.2 Å². The number of carbonyl (C=O) groups excluding carboxylic acids is 2. The zero-order valence-electron chi connectivity index (χ0n) is 11.8. The van der Waals surface area contributed by atoms with Crippen LogP contribution in [0.5, 0.6) is 0 Å². The Morgan fingerprint density at radius 1 is 1.29 bits per heavy atom. The molecule has 0 radical (unpaired) electrons. The Morgan fingerprint density at radius 3 is 2.52 bits per heavy atom.